The number of aliphatic carboxylic acids is 1. The number of rotatable bonds is 8. The number of halogens is 1. The first kappa shape index (κ1) is 18.0. The van der Waals surface area contributed by atoms with Gasteiger partial charge in [0.2, 0.25) is 5.91 Å². The van der Waals surface area contributed by atoms with Gasteiger partial charge in [-0.3, -0.25) is 9.59 Å². The largest absolute Gasteiger partial charge is 0.481 e. The van der Waals surface area contributed by atoms with Gasteiger partial charge in [-0.05, 0) is 23.6 Å². The molecule has 0 fully saturated rings. The van der Waals surface area contributed by atoms with Gasteiger partial charge in [0.25, 0.3) is 0 Å². The van der Waals surface area contributed by atoms with E-state index in [1.165, 1.54) is 0 Å². The molecule has 126 valence electrons. The fourth-order valence-electron chi connectivity index (χ4n) is 2.43. The topological polar surface area (TPSA) is 57.6 Å². The zero-order valence-electron chi connectivity index (χ0n) is 13.3. The molecule has 0 aliphatic rings. The highest BCUT2D eigenvalue weighted by atomic mass is 35.5. The minimum Gasteiger partial charge on any atom is -0.481 e. The third-order valence-electron chi connectivity index (χ3n) is 3.69. The van der Waals surface area contributed by atoms with Crippen molar-refractivity contribution in [1.82, 2.24) is 4.90 Å². The van der Waals surface area contributed by atoms with Crippen molar-refractivity contribution >= 4 is 23.5 Å². The molecule has 0 unspecified atom stereocenters. The Kier molecular flexibility index (Phi) is 6.82. The molecule has 5 heteroatoms. The van der Waals surface area contributed by atoms with Crippen molar-refractivity contribution in [2.24, 2.45) is 0 Å². The van der Waals surface area contributed by atoms with E-state index in [0.717, 1.165) is 11.1 Å². The molecule has 0 saturated carbocycles. The Balaban J connectivity index is 2.06. The minimum absolute atomic E-state index is 0.0463. The van der Waals surface area contributed by atoms with Gasteiger partial charge in [0.05, 0.1) is 6.42 Å². The number of carbonyl (C=O) groups is 2. The molecule has 0 heterocycles. The van der Waals surface area contributed by atoms with Crippen LogP contribution in [0.15, 0.2) is 54.6 Å². The first-order valence-electron chi connectivity index (χ1n) is 7.83. The number of hydrogen-bond acceptors (Lipinski definition) is 2. The summed E-state index contributed by atoms with van der Waals surface area (Å²) in [6, 6.07) is 16.9. The highest BCUT2D eigenvalue weighted by molar-refractivity contribution is 6.31. The quantitative estimate of drug-likeness (QED) is 0.792. The molecule has 0 spiro atoms. The summed E-state index contributed by atoms with van der Waals surface area (Å²) >= 11 is 6.13. The van der Waals surface area contributed by atoms with Crippen molar-refractivity contribution in [3.05, 3.63) is 70.7 Å². The van der Waals surface area contributed by atoms with Crippen LogP contribution in [0.1, 0.15) is 24.0 Å². The Morgan fingerprint density at radius 3 is 2.33 bits per heavy atom. The van der Waals surface area contributed by atoms with Crippen LogP contribution in [0.4, 0.5) is 0 Å². The predicted molar refractivity (Wildman–Crippen MR) is 93.9 cm³/mol. The lowest BCUT2D eigenvalue weighted by Crippen LogP contribution is -2.33. The van der Waals surface area contributed by atoms with Crippen LogP contribution < -0.4 is 0 Å². The van der Waals surface area contributed by atoms with Crippen molar-refractivity contribution in [3.8, 4) is 0 Å². The van der Waals surface area contributed by atoms with Crippen molar-refractivity contribution in [1.29, 1.82) is 0 Å². The van der Waals surface area contributed by atoms with Gasteiger partial charge in [-0.25, -0.2) is 0 Å². The van der Waals surface area contributed by atoms with Gasteiger partial charge < -0.3 is 10.0 Å². The Hall–Kier alpha value is -2.33. The maximum absolute atomic E-state index is 12.7. The minimum atomic E-state index is -0.854. The van der Waals surface area contributed by atoms with Crippen LogP contribution in [-0.4, -0.2) is 28.4 Å². The SMILES string of the molecule is O=C(O)CCCN(Cc1ccccc1)C(=O)Cc1ccccc1Cl. The number of amides is 1. The molecule has 1 N–H and O–H groups in total. The van der Waals surface area contributed by atoms with Gasteiger partial charge in [0.15, 0.2) is 0 Å². The third-order valence-corrected chi connectivity index (χ3v) is 4.06. The van der Waals surface area contributed by atoms with Crippen LogP contribution in [0.2, 0.25) is 5.02 Å². The molecule has 0 radical (unpaired) electrons. The van der Waals surface area contributed by atoms with E-state index >= 15 is 0 Å². The van der Waals surface area contributed by atoms with E-state index in [4.69, 9.17) is 16.7 Å². The molecule has 0 saturated heterocycles. The van der Waals surface area contributed by atoms with Crippen molar-refractivity contribution in [3.63, 3.8) is 0 Å². The first-order chi connectivity index (χ1) is 11.6. The van der Waals surface area contributed by atoms with E-state index < -0.39 is 5.97 Å². The summed E-state index contributed by atoms with van der Waals surface area (Å²) in [5, 5.41) is 9.37. The molecular formula is C19H20ClNO3. The van der Waals surface area contributed by atoms with Crippen molar-refractivity contribution in [2.45, 2.75) is 25.8 Å². The number of carbonyl (C=O) groups excluding carboxylic acids is 1. The standard InChI is InChI=1S/C19H20ClNO3/c20-17-10-5-4-9-16(17)13-18(22)21(12-6-11-19(23)24)14-15-7-2-1-3-8-15/h1-5,7-10H,6,11-14H2,(H,23,24). The predicted octanol–water partition coefficient (Wildman–Crippen LogP) is 3.78. The zero-order chi connectivity index (χ0) is 17.4. The zero-order valence-corrected chi connectivity index (χ0v) is 14.1. The molecule has 0 aliphatic heterocycles. The fourth-order valence-corrected chi connectivity index (χ4v) is 2.64. The number of benzene rings is 2. The molecule has 4 nitrogen and oxygen atoms in total. The van der Waals surface area contributed by atoms with Gasteiger partial charge in [-0.15, -0.1) is 0 Å². The van der Waals surface area contributed by atoms with Gasteiger partial charge in [0.1, 0.15) is 0 Å². The lowest BCUT2D eigenvalue weighted by Gasteiger charge is -2.23. The van der Waals surface area contributed by atoms with Gasteiger partial charge >= 0.3 is 5.97 Å². The number of carboxylic acid groups (broad SMARTS) is 1. The van der Waals surface area contributed by atoms with Gasteiger partial charge in [-0.1, -0.05) is 60.1 Å². The van der Waals surface area contributed by atoms with E-state index in [1.54, 1.807) is 11.0 Å². The average molecular weight is 346 g/mol. The molecule has 0 aliphatic carbocycles. The highest BCUT2D eigenvalue weighted by Crippen LogP contribution is 2.17. The molecule has 0 aromatic heterocycles. The molecule has 2 rings (SSSR count). The monoisotopic (exact) mass is 345 g/mol. The Morgan fingerprint density at radius 1 is 1.00 bits per heavy atom. The van der Waals surface area contributed by atoms with Crippen LogP contribution in [0, 0.1) is 0 Å². The fraction of sp³-hybridized carbons (Fsp3) is 0.263. The summed E-state index contributed by atoms with van der Waals surface area (Å²) < 4.78 is 0. The van der Waals surface area contributed by atoms with E-state index in [2.05, 4.69) is 0 Å². The van der Waals surface area contributed by atoms with Crippen molar-refractivity contribution in [2.75, 3.05) is 6.54 Å². The summed E-state index contributed by atoms with van der Waals surface area (Å²) in [5.41, 5.74) is 1.79. The highest BCUT2D eigenvalue weighted by Gasteiger charge is 2.16. The van der Waals surface area contributed by atoms with E-state index in [-0.39, 0.29) is 18.7 Å². The van der Waals surface area contributed by atoms with E-state index in [1.807, 2.05) is 48.5 Å². The first-order valence-corrected chi connectivity index (χ1v) is 8.21. The molecule has 1 amide bonds. The molecular weight excluding hydrogens is 326 g/mol. The van der Waals surface area contributed by atoms with Crippen LogP contribution in [0.3, 0.4) is 0 Å². The van der Waals surface area contributed by atoms with Crippen molar-refractivity contribution < 1.29 is 14.7 Å². The number of hydrogen-bond donors (Lipinski definition) is 1. The van der Waals surface area contributed by atoms with Crippen LogP contribution >= 0.6 is 11.6 Å². The summed E-state index contributed by atoms with van der Waals surface area (Å²) in [6.07, 6.45) is 0.681. The van der Waals surface area contributed by atoms with Crippen LogP contribution in [-0.2, 0) is 22.6 Å². The Labute approximate surface area is 146 Å². The number of nitrogens with zero attached hydrogens (tertiary/aromatic N) is 1. The Morgan fingerprint density at radius 2 is 1.67 bits per heavy atom. The van der Waals surface area contributed by atoms with Gasteiger partial charge in [0, 0.05) is 24.5 Å². The molecule has 0 bridgehead atoms. The maximum atomic E-state index is 12.7. The number of carboxylic acids is 1. The Bertz CT molecular complexity index is 688. The molecule has 2 aromatic rings. The smallest absolute Gasteiger partial charge is 0.303 e. The maximum Gasteiger partial charge on any atom is 0.303 e. The lowest BCUT2D eigenvalue weighted by atomic mass is 10.1. The lowest BCUT2D eigenvalue weighted by molar-refractivity contribution is -0.138. The second-order valence-electron chi connectivity index (χ2n) is 5.57. The second-order valence-corrected chi connectivity index (χ2v) is 5.97. The molecule has 24 heavy (non-hydrogen) atoms. The summed E-state index contributed by atoms with van der Waals surface area (Å²) in [4.78, 5) is 25.1. The molecule has 0 atom stereocenters. The average Bonchev–Trinajstić information content (AvgIpc) is 2.56. The summed E-state index contributed by atoms with van der Waals surface area (Å²) in [7, 11) is 0. The molecule has 2 aromatic carbocycles. The third kappa shape index (κ3) is 5.70. The normalized spacial score (nSPS) is 10.4. The van der Waals surface area contributed by atoms with E-state index in [0.29, 0.717) is 24.5 Å². The summed E-state index contributed by atoms with van der Waals surface area (Å²) in [5.74, 6) is -0.912. The van der Waals surface area contributed by atoms with Gasteiger partial charge in [-0.2, -0.15) is 0 Å². The summed E-state index contributed by atoms with van der Waals surface area (Å²) in [6.45, 7) is 0.869. The van der Waals surface area contributed by atoms with E-state index in [9.17, 15) is 9.59 Å². The van der Waals surface area contributed by atoms with Crippen LogP contribution in [0.5, 0.6) is 0 Å². The second kappa shape index (κ2) is 9.08. The van der Waals surface area contributed by atoms with Crippen LogP contribution in [0.25, 0.3) is 0 Å².